The molecule has 1 saturated heterocycles. The van der Waals surface area contributed by atoms with E-state index in [4.69, 9.17) is 0 Å². The van der Waals surface area contributed by atoms with Crippen molar-refractivity contribution < 1.29 is 13.2 Å². The number of thiazole rings is 1. The van der Waals surface area contributed by atoms with Crippen molar-refractivity contribution in [3.8, 4) is 0 Å². The number of amides is 1. The van der Waals surface area contributed by atoms with Gasteiger partial charge in [-0.2, -0.15) is 0 Å². The van der Waals surface area contributed by atoms with Gasteiger partial charge in [-0.15, -0.1) is 0 Å². The highest BCUT2D eigenvalue weighted by Crippen LogP contribution is 2.30. The second kappa shape index (κ2) is 9.18. The second-order valence-electron chi connectivity index (χ2n) is 7.61. The molecule has 1 fully saturated rings. The van der Waals surface area contributed by atoms with Gasteiger partial charge in [0.1, 0.15) is 0 Å². The first-order valence-electron chi connectivity index (χ1n) is 9.86. The zero-order valence-corrected chi connectivity index (χ0v) is 19.1. The minimum atomic E-state index is -3.28. The predicted molar refractivity (Wildman–Crippen MR) is 124 cm³/mol. The first-order chi connectivity index (χ1) is 14.2. The third-order valence-electron chi connectivity index (χ3n) is 5.28. The Kier molecular flexibility index (Phi) is 6.82. The smallest absolute Gasteiger partial charge is 0.229 e. The highest BCUT2D eigenvalue weighted by molar-refractivity contribution is 7.88. The van der Waals surface area contributed by atoms with Crippen LogP contribution in [0.3, 0.4) is 0 Å². The van der Waals surface area contributed by atoms with Crippen LogP contribution in [0.25, 0.3) is 12.2 Å². The molecule has 9 heteroatoms. The number of piperazine rings is 1. The highest BCUT2D eigenvalue weighted by atomic mass is 32.2. The summed E-state index contributed by atoms with van der Waals surface area (Å²) < 4.78 is 25.3. The zero-order valence-electron chi connectivity index (χ0n) is 17.4. The van der Waals surface area contributed by atoms with E-state index in [1.807, 2.05) is 17.9 Å². The molecule has 7 nitrogen and oxygen atoms in total. The predicted octanol–water partition coefficient (Wildman–Crippen LogP) is 2.87. The van der Waals surface area contributed by atoms with E-state index in [9.17, 15) is 13.2 Å². The quantitative estimate of drug-likeness (QED) is 0.694. The molecule has 1 N–H and O–H groups in total. The number of anilines is 1. The number of nitrogens with one attached hydrogen (secondary N) is 1. The maximum absolute atomic E-state index is 12.8. The highest BCUT2D eigenvalue weighted by Gasteiger charge is 2.26. The SMILES string of the molecule is C=Cc1nc(N2CCN(C(=O)CC3=CC=C(NS(C)(=O)=O)CC3C)CC2)sc1C=C. The Morgan fingerprint density at radius 3 is 2.50 bits per heavy atom. The monoisotopic (exact) mass is 448 g/mol. The molecule has 0 saturated carbocycles. The lowest BCUT2D eigenvalue weighted by Gasteiger charge is -2.35. The summed E-state index contributed by atoms with van der Waals surface area (Å²) in [4.78, 5) is 22.5. The number of allylic oxidation sites excluding steroid dienone is 3. The van der Waals surface area contributed by atoms with Crippen molar-refractivity contribution in [2.24, 2.45) is 5.92 Å². The third kappa shape index (κ3) is 5.40. The number of hydrogen-bond donors (Lipinski definition) is 1. The second-order valence-corrected chi connectivity index (χ2v) is 10.4. The van der Waals surface area contributed by atoms with E-state index in [0.717, 1.165) is 40.6 Å². The summed E-state index contributed by atoms with van der Waals surface area (Å²) in [6.45, 7) is 12.4. The van der Waals surface area contributed by atoms with Crippen molar-refractivity contribution in [1.82, 2.24) is 14.6 Å². The van der Waals surface area contributed by atoms with Crippen LogP contribution in [0.15, 0.2) is 36.6 Å². The van der Waals surface area contributed by atoms with E-state index in [1.54, 1.807) is 29.6 Å². The molecule has 1 aromatic rings. The van der Waals surface area contributed by atoms with Gasteiger partial charge in [-0.3, -0.25) is 9.52 Å². The van der Waals surface area contributed by atoms with Gasteiger partial charge in [-0.25, -0.2) is 13.4 Å². The number of nitrogens with zero attached hydrogens (tertiary/aromatic N) is 3. The van der Waals surface area contributed by atoms with Crippen LogP contribution in [0, 0.1) is 5.92 Å². The van der Waals surface area contributed by atoms with Crippen LogP contribution in [0.2, 0.25) is 0 Å². The van der Waals surface area contributed by atoms with Crippen molar-refractivity contribution in [2.75, 3.05) is 37.3 Å². The van der Waals surface area contributed by atoms with Crippen LogP contribution >= 0.6 is 11.3 Å². The molecule has 1 aromatic heterocycles. The summed E-state index contributed by atoms with van der Waals surface area (Å²) in [5, 5.41) is 0.937. The van der Waals surface area contributed by atoms with Crippen molar-refractivity contribution >= 4 is 44.6 Å². The molecular weight excluding hydrogens is 420 g/mol. The average molecular weight is 449 g/mol. The van der Waals surface area contributed by atoms with Gasteiger partial charge in [0.05, 0.1) is 16.8 Å². The van der Waals surface area contributed by atoms with Crippen LogP contribution in [-0.4, -0.2) is 56.6 Å². The first kappa shape index (κ1) is 22.3. The molecule has 3 rings (SSSR count). The van der Waals surface area contributed by atoms with Gasteiger partial charge in [0, 0.05) is 38.3 Å². The molecule has 2 heterocycles. The molecule has 30 heavy (non-hydrogen) atoms. The number of sulfonamides is 1. The molecular formula is C21H28N4O3S2. The number of carbonyl (C=O) groups is 1. The minimum Gasteiger partial charge on any atom is -0.345 e. The molecule has 0 bridgehead atoms. The van der Waals surface area contributed by atoms with Gasteiger partial charge in [0.15, 0.2) is 5.13 Å². The van der Waals surface area contributed by atoms with Crippen LogP contribution in [-0.2, 0) is 14.8 Å². The molecule has 0 spiro atoms. The molecule has 1 aliphatic heterocycles. The molecule has 2 aliphatic rings. The van der Waals surface area contributed by atoms with Crippen LogP contribution in [0.4, 0.5) is 5.13 Å². The Bertz CT molecular complexity index is 974. The lowest BCUT2D eigenvalue weighted by Crippen LogP contribution is -2.49. The van der Waals surface area contributed by atoms with Crippen molar-refractivity contribution in [3.05, 3.63) is 47.2 Å². The van der Waals surface area contributed by atoms with Gasteiger partial charge >= 0.3 is 0 Å². The summed E-state index contributed by atoms with van der Waals surface area (Å²) in [7, 11) is -3.28. The Balaban J connectivity index is 1.57. The normalized spacial score (nSPS) is 19.7. The molecule has 162 valence electrons. The largest absolute Gasteiger partial charge is 0.345 e. The molecule has 1 atom stereocenters. The van der Waals surface area contributed by atoms with Crippen molar-refractivity contribution in [2.45, 2.75) is 19.8 Å². The molecule has 1 amide bonds. The zero-order chi connectivity index (χ0) is 21.9. The maximum Gasteiger partial charge on any atom is 0.229 e. The van der Waals surface area contributed by atoms with Gasteiger partial charge in [-0.1, -0.05) is 43.1 Å². The van der Waals surface area contributed by atoms with Gasteiger partial charge in [0.25, 0.3) is 0 Å². The fourth-order valence-electron chi connectivity index (χ4n) is 3.64. The summed E-state index contributed by atoms with van der Waals surface area (Å²) >= 11 is 1.59. The third-order valence-corrected chi connectivity index (χ3v) is 7.04. The average Bonchev–Trinajstić information content (AvgIpc) is 3.12. The number of aromatic nitrogens is 1. The van der Waals surface area contributed by atoms with E-state index < -0.39 is 10.0 Å². The summed E-state index contributed by atoms with van der Waals surface area (Å²) in [5.41, 5.74) is 2.54. The Morgan fingerprint density at radius 2 is 1.97 bits per heavy atom. The summed E-state index contributed by atoms with van der Waals surface area (Å²) in [6.07, 6.45) is 9.26. The lowest BCUT2D eigenvalue weighted by molar-refractivity contribution is -0.130. The van der Waals surface area contributed by atoms with Crippen molar-refractivity contribution in [3.63, 3.8) is 0 Å². The molecule has 1 unspecified atom stereocenters. The molecule has 1 aliphatic carbocycles. The van der Waals surface area contributed by atoms with E-state index in [-0.39, 0.29) is 11.8 Å². The fraction of sp³-hybridized carbons (Fsp3) is 0.429. The van der Waals surface area contributed by atoms with Crippen LogP contribution in [0.1, 0.15) is 30.3 Å². The Hall–Kier alpha value is -2.39. The summed E-state index contributed by atoms with van der Waals surface area (Å²) in [5.74, 6) is 0.229. The fourth-order valence-corrected chi connectivity index (χ4v) is 5.24. The number of rotatable bonds is 7. The van der Waals surface area contributed by atoms with Crippen molar-refractivity contribution in [1.29, 1.82) is 0 Å². The van der Waals surface area contributed by atoms with Gasteiger partial charge in [-0.05, 0) is 30.6 Å². The standard InChI is InChI=1S/C21H28N4O3S2/c1-5-18-19(6-2)29-21(22-18)25-11-9-24(10-12-25)20(26)14-16-7-8-17(13-15(16)3)23-30(4,27)28/h5-8,15,23H,1-2,9-14H2,3-4H3. The first-order valence-corrected chi connectivity index (χ1v) is 12.6. The minimum absolute atomic E-state index is 0.110. The van der Waals surface area contributed by atoms with Crippen LogP contribution in [0.5, 0.6) is 0 Å². The van der Waals surface area contributed by atoms with E-state index in [1.165, 1.54) is 0 Å². The van der Waals surface area contributed by atoms with Gasteiger partial charge < -0.3 is 9.80 Å². The molecule has 0 aromatic carbocycles. The van der Waals surface area contributed by atoms with E-state index in [2.05, 4.69) is 27.8 Å². The number of hydrogen-bond acceptors (Lipinski definition) is 6. The number of carbonyl (C=O) groups excluding carboxylic acids is 1. The van der Waals surface area contributed by atoms with E-state index in [0.29, 0.717) is 31.6 Å². The maximum atomic E-state index is 12.8. The van der Waals surface area contributed by atoms with Crippen LogP contribution < -0.4 is 9.62 Å². The summed E-state index contributed by atoms with van der Waals surface area (Å²) in [6, 6.07) is 0. The lowest BCUT2D eigenvalue weighted by atomic mass is 9.89. The Morgan fingerprint density at radius 1 is 1.27 bits per heavy atom. The van der Waals surface area contributed by atoms with E-state index >= 15 is 0 Å². The Labute approximate surface area is 182 Å². The molecule has 0 radical (unpaired) electrons. The van der Waals surface area contributed by atoms with Gasteiger partial charge in [0.2, 0.25) is 15.9 Å². The topological polar surface area (TPSA) is 82.6 Å².